The molecule has 1 aromatic rings. The number of aliphatic hydroxyl groups excluding tert-OH is 1. The molecule has 14 heavy (non-hydrogen) atoms. The number of aliphatic hydroxyl groups is 1. The third-order valence-corrected chi connectivity index (χ3v) is 2.36. The molecule has 2 rings (SSSR count). The monoisotopic (exact) mass is 189 g/mol. The molecule has 0 bridgehead atoms. The molecule has 2 atom stereocenters. The summed E-state index contributed by atoms with van der Waals surface area (Å²) in [7, 11) is 0. The van der Waals surface area contributed by atoms with Crippen LogP contribution in [-0.2, 0) is 0 Å². The van der Waals surface area contributed by atoms with E-state index in [0.29, 0.717) is 5.75 Å². The molecule has 0 amide bonds. The fourth-order valence-corrected chi connectivity index (χ4v) is 1.52. The fourth-order valence-electron chi connectivity index (χ4n) is 1.52. The van der Waals surface area contributed by atoms with Gasteiger partial charge in [-0.15, -0.1) is 6.42 Å². The van der Waals surface area contributed by atoms with Crippen molar-refractivity contribution in [3.8, 4) is 18.1 Å². The third-order valence-electron chi connectivity index (χ3n) is 2.36. The predicted octanol–water partition coefficient (Wildman–Crippen LogP) is 0.421. The van der Waals surface area contributed by atoms with E-state index >= 15 is 0 Å². The highest BCUT2D eigenvalue weighted by molar-refractivity contribution is 5.46. The smallest absolute Gasteiger partial charge is 0.124 e. The standard InChI is InChI=1S/C11H11NO2/c1-2-7-3-4-10-8(5-7)11(12)9(13)6-14-10/h1,3-5,9,11,13H,6,12H2. The van der Waals surface area contributed by atoms with Crippen LogP contribution in [0.5, 0.6) is 5.75 Å². The Hall–Kier alpha value is -1.50. The molecule has 0 aliphatic carbocycles. The molecule has 0 saturated carbocycles. The molecule has 0 fully saturated rings. The van der Waals surface area contributed by atoms with Crippen molar-refractivity contribution in [3.05, 3.63) is 29.3 Å². The van der Waals surface area contributed by atoms with E-state index < -0.39 is 12.1 Å². The Kier molecular flexibility index (Phi) is 2.16. The zero-order valence-electron chi connectivity index (χ0n) is 7.60. The molecule has 3 N–H and O–H groups in total. The van der Waals surface area contributed by atoms with Crippen molar-refractivity contribution in [2.45, 2.75) is 12.1 Å². The van der Waals surface area contributed by atoms with Crippen LogP contribution in [0, 0.1) is 12.3 Å². The number of nitrogens with two attached hydrogens (primary N) is 1. The Morgan fingerprint density at radius 3 is 3.07 bits per heavy atom. The number of hydrogen-bond acceptors (Lipinski definition) is 3. The van der Waals surface area contributed by atoms with Crippen LogP contribution >= 0.6 is 0 Å². The van der Waals surface area contributed by atoms with E-state index in [1.54, 1.807) is 18.2 Å². The molecule has 3 nitrogen and oxygen atoms in total. The van der Waals surface area contributed by atoms with Crippen molar-refractivity contribution in [2.24, 2.45) is 5.73 Å². The van der Waals surface area contributed by atoms with Crippen LogP contribution < -0.4 is 10.5 Å². The van der Waals surface area contributed by atoms with E-state index in [9.17, 15) is 5.11 Å². The van der Waals surface area contributed by atoms with Gasteiger partial charge >= 0.3 is 0 Å². The van der Waals surface area contributed by atoms with Crippen molar-refractivity contribution in [1.29, 1.82) is 0 Å². The Bertz CT molecular complexity index is 395. The SMILES string of the molecule is C#Cc1ccc2c(c1)C(N)C(O)CO2. The second-order valence-electron chi connectivity index (χ2n) is 3.30. The van der Waals surface area contributed by atoms with Gasteiger partial charge in [-0.25, -0.2) is 0 Å². The van der Waals surface area contributed by atoms with Gasteiger partial charge in [0, 0.05) is 11.1 Å². The zero-order valence-corrected chi connectivity index (χ0v) is 7.60. The third kappa shape index (κ3) is 1.35. The molecule has 1 heterocycles. The summed E-state index contributed by atoms with van der Waals surface area (Å²) in [6.07, 6.45) is 4.61. The van der Waals surface area contributed by atoms with E-state index in [1.165, 1.54) is 0 Å². The molecular weight excluding hydrogens is 178 g/mol. The number of ether oxygens (including phenoxy) is 1. The van der Waals surface area contributed by atoms with Gasteiger partial charge in [0.1, 0.15) is 18.5 Å². The summed E-state index contributed by atoms with van der Waals surface area (Å²) in [6.45, 7) is 0.240. The maximum Gasteiger partial charge on any atom is 0.124 e. The number of rotatable bonds is 0. The first-order valence-electron chi connectivity index (χ1n) is 4.39. The maximum atomic E-state index is 9.49. The van der Waals surface area contributed by atoms with Crippen LogP contribution in [0.3, 0.4) is 0 Å². The topological polar surface area (TPSA) is 55.5 Å². The molecule has 0 radical (unpaired) electrons. The summed E-state index contributed by atoms with van der Waals surface area (Å²) >= 11 is 0. The van der Waals surface area contributed by atoms with Crippen LogP contribution in [-0.4, -0.2) is 17.8 Å². The van der Waals surface area contributed by atoms with Crippen LogP contribution in [0.4, 0.5) is 0 Å². The van der Waals surface area contributed by atoms with Gasteiger partial charge in [-0.2, -0.15) is 0 Å². The molecule has 0 spiro atoms. The Labute approximate surface area is 82.5 Å². The van der Waals surface area contributed by atoms with Gasteiger partial charge in [0.25, 0.3) is 0 Å². The van der Waals surface area contributed by atoms with E-state index in [2.05, 4.69) is 5.92 Å². The second kappa shape index (κ2) is 3.33. The molecular formula is C11H11NO2. The van der Waals surface area contributed by atoms with Crippen molar-refractivity contribution >= 4 is 0 Å². The first-order valence-corrected chi connectivity index (χ1v) is 4.39. The van der Waals surface area contributed by atoms with E-state index in [1.807, 2.05) is 0 Å². The van der Waals surface area contributed by atoms with E-state index in [0.717, 1.165) is 11.1 Å². The molecule has 72 valence electrons. The van der Waals surface area contributed by atoms with Gasteiger partial charge in [0.05, 0.1) is 6.04 Å². The quantitative estimate of drug-likeness (QED) is 0.581. The average Bonchev–Trinajstić information content (AvgIpc) is 2.23. The second-order valence-corrected chi connectivity index (χ2v) is 3.30. The van der Waals surface area contributed by atoms with Crippen LogP contribution in [0.2, 0.25) is 0 Å². The minimum atomic E-state index is -0.657. The summed E-state index contributed by atoms with van der Waals surface area (Å²) in [5.41, 5.74) is 7.34. The molecule has 2 unspecified atom stereocenters. The van der Waals surface area contributed by atoms with E-state index in [-0.39, 0.29) is 6.61 Å². The Balaban J connectivity index is 2.47. The normalized spacial score (nSPS) is 24.6. The Morgan fingerprint density at radius 2 is 2.36 bits per heavy atom. The van der Waals surface area contributed by atoms with Crippen LogP contribution in [0.25, 0.3) is 0 Å². The van der Waals surface area contributed by atoms with Gasteiger partial charge in [0.15, 0.2) is 0 Å². The molecule has 1 aliphatic rings. The molecule has 0 aromatic heterocycles. The largest absolute Gasteiger partial charge is 0.490 e. The minimum absolute atomic E-state index is 0.240. The highest BCUT2D eigenvalue weighted by atomic mass is 16.5. The number of fused-ring (bicyclic) bond motifs is 1. The van der Waals surface area contributed by atoms with Gasteiger partial charge in [0.2, 0.25) is 0 Å². The molecule has 1 aliphatic heterocycles. The van der Waals surface area contributed by atoms with Crippen molar-refractivity contribution in [2.75, 3.05) is 6.61 Å². The lowest BCUT2D eigenvalue weighted by Crippen LogP contribution is -2.35. The molecule has 3 heteroatoms. The number of hydrogen-bond donors (Lipinski definition) is 2. The summed E-state index contributed by atoms with van der Waals surface area (Å²) < 4.78 is 5.31. The molecule has 1 aromatic carbocycles. The zero-order chi connectivity index (χ0) is 10.1. The minimum Gasteiger partial charge on any atom is -0.490 e. The summed E-state index contributed by atoms with van der Waals surface area (Å²) in [4.78, 5) is 0. The molecule has 0 saturated heterocycles. The maximum absolute atomic E-state index is 9.49. The van der Waals surface area contributed by atoms with Crippen LogP contribution in [0.1, 0.15) is 17.2 Å². The summed E-state index contributed by atoms with van der Waals surface area (Å²) in [5.74, 6) is 3.23. The predicted molar refractivity (Wildman–Crippen MR) is 52.8 cm³/mol. The highest BCUT2D eigenvalue weighted by Gasteiger charge is 2.26. The van der Waals surface area contributed by atoms with Gasteiger partial charge in [-0.1, -0.05) is 5.92 Å². The van der Waals surface area contributed by atoms with Gasteiger partial charge in [-0.05, 0) is 18.2 Å². The highest BCUT2D eigenvalue weighted by Crippen LogP contribution is 2.31. The lowest BCUT2D eigenvalue weighted by atomic mass is 9.97. The average molecular weight is 189 g/mol. The van der Waals surface area contributed by atoms with E-state index in [4.69, 9.17) is 16.9 Å². The van der Waals surface area contributed by atoms with Gasteiger partial charge < -0.3 is 15.6 Å². The lowest BCUT2D eigenvalue weighted by molar-refractivity contribution is 0.0678. The number of benzene rings is 1. The fraction of sp³-hybridized carbons (Fsp3) is 0.273. The first kappa shape index (κ1) is 9.07. The van der Waals surface area contributed by atoms with Gasteiger partial charge in [-0.3, -0.25) is 0 Å². The van der Waals surface area contributed by atoms with Crippen molar-refractivity contribution in [3.63, 3.8) is 0 Å². The lowest BCUT2D eigenvalue weighted by Gasteiger charge is -2.27. The Morgan fingerprint density at radius 1 is 1.57 bits per heavy atom. The summed E-state index contributed by atoms with van der Waals surface area (Å²) in [6, 6.07) is 4.95. The van der Waals surface area contributed by atoms with Crippen molar-refractivity contribution in [1.82, 2.24) is 0 Å². The van der Waals surface area contributed by atoms with Crippen LogP contribution in [0.15, 0.2) is 18.2 Å². The first-order chi connectivity index (χ1) is 6.72. The number of terminal acetylenes is 1. The summed E-state index contributed by atoms with van der Waals surface area (Å²) in [5, 5.41) is 9.49. The van der Waals surface area contributed by atoms with Crippen molar-refractivity contribution < 1.29 is 9.84 Å².